The van der Waals surface area contributed by atoms with Gasteiger partial charge in [0.05, 0.1) is 17.6 Å². The van der Waals surface area contributed by atoms with Gasteiger partial charge in [-0.05, 0) is 31.5 Å². The SMILES string of the molecule is Cc1cc(C)c(-n2cccn2)c(C=NNc2nc(-c3ccccc3)cs2)c1. The Labute approximate surface area is 162 Å². The predicted octanol–water partition coefficient (Wildman–Crippen LogP) is 5.06. The molecule has 0 saturated carbocycles. The van der Waals surface area contributed by atoms with E-state index in [9.17, 15) is 0 Å². The second-order valence-corrected chi connectivity index (χ2v) is 7.10. The molecular weight excluding hydrogens is 354 g/mol. The van der Waals surface area contributed by atoms with Crippen LogP contribution in [0, 0.1) is 13.8 Å². The fourth-order valence-electron chi connectivity index (χ4n) is 3.03. The molecule has 0 aliphatic carbocycles. The van der Waals surface area contributed by atoms with Crippen LogP contribution in [0.15, 0.2) is 71.4 Å². The van der Waals surface area contributed by atoms with Crippen LogP contribution < -0.4 is 5.43 Å². The molecule has 1 N–H and O–H groups in total. The first-order valence-electron chi connectivity index (χ1n) is 8.62. The lowest BCUT2D eigenvalue weighted by Crippen LogP contribution is -2.04. The number of hydrazone groups is 1. The molecule has 0 bridgehead atoms. The molecule has 0 aliphatic rings. The van der Waals surface area contributed by atoms with Crippen molar-refractivity contribution in [3.8, 4) is 16.9 Å². The van der Waals surface area contributed by atoms with E-state index in [1.165, 1.54) is 16.9 Å². The average molecular weight is 373 g/mol. The van der Waals surface area contributed by atoms with E-state index in [0.717, 1.165) is 33.2 Å². The summed E-state index contributed by atoms with van der Waals surface area (Å²) in [5.41, 5.74) is 9.46. The van der Waals surface area contributed by atoms with Gasteiger partial charge in [-0.1, -0.05) is 42.0 Å². The van der Waals surface area contributed by atoms with Gasteiger partial charge in [0.25, 0.3) is 0 Å². The minimum atomic E-state index is 0.759. The van der Waals surface area contributed by atoms with Gasteiger partial charge in [0.2, 0.25) is 5.13 Å². The van der Waals surface area contributed by atoms with Crippen LogP contribution in [0.25, 0.3) is 16.9 Å². The van der Waals surface area contributed by atoms with Crippen molar-refractivity contribution in [2.45, 2.75) is 13.8 Å². The van der Waals surface area contributed by atoms with Gasteiger partial charge < -0.3 is 0 Å². The first-order chi connectivity index (χ1) is 13.2. The van der Waals surface area contributed by atoms with Gasteiger partial charge >= 0.3 is 0 Å². The van der Waals surface area contributed by atoms with E-state index in [-0.39, 0.29) is 0 Å². The van der Waals surface area contributed by atoms with E-state index in [1.54, 1.807) is 6.20 Å². The number of anilines is 1. The zero-order chi connectivity index (χ0) is 18.6. The molecule has 0 amide bonds. The summed E-state index contributed by atoms with van der Waals surface area (Å²) in [6.07, 6.45) is 5.54. The number of aryl methyl sites for hydroxylation is 2. The molecule has 2 aromatic heterocycles. The molecule has 2 heterocycles. The molecule has 4 rings (SSSR count). The zero-order valence-corrected chi connectivity index (χ0v) is 15.9. The standard InChI is InChI=1S/C21H19N5S/c1-15-11-16(2)20(26-10-6-9-23-26)18(12-15)13-22-25-21-24-19(14-27-21)17-7-4-3-5-8-17/h3-14H,1-2H3,(H,24,25). The third-order valence-corrected chi connectivity index (χ3v) is 4.89. The van der Waals surface area contributed by atoms with Crippen molar-refractivity contribution in [3.63, 3.8) is 0 Å². The summed E-state index contributed by atoms with van der Waals surface area (Å²) >= 11 is 1.53. The third-order valence-electron chi connectivity index (χ3n) is 4.15. The molecule has 0 unspecified atom stereocenters. The summed E-state index contributed by atoms with van der Waals surface area (Å²) in [5, 5.41) is 11.6. The Kier molecular flexibility index (Phi) is 4.80. The molecule has 27 heavy (non-hydrogen) atoms. The van der Waals surface area contributed by atoms with Crippen LogP contribution in [0.3, 0.4) is 0 Å². The van der Waals surface area contributed by atoms with Gasteiger partial charge in [-0.25, -0.2) is 9.67 Å². The number of nitrogens with zero attached hydrogens (tertiary/aromatic N) is 4. The summed E-state index contributed by atoms with van der Waals surface area (Å²) in [7, 11) is 0. The number of hydrogen-bond donors (Lipinski definition) is 1. The predicted molar refractivity (Wildman–Crippen MR) is 112 cm³/mol. The fraction of sp³-hybridized carbons (Fsp3) is 0.0952. The number of hydrogen-bond acceptors (Lipinski definition) is 5. The quantitative estimate of drug-likeness (QED) is 0.393. The Morgan fingerprint density at radius 1 is 1.11 bits per heavy atom. The highest BCUT2D eigenvalue weighted by molar-refractivity contribution is 7.14. The average Bonchev–Trinajstić information content (AvgIpc) is 3.34. The molecule has 5 nitrogen and oxygen atoms in total. The first kappa shape index (κ1) is 17.2. The summed E-state index contributed by atoms with van der Waals surface area (Å²) in [6.45, 7) is 4.17. The van der Waals surface area contributed by atoms with Crippen LogP contribution >= 0.6 is 11.3 Å². The van der Waals surface area contributed by atoms with E-state index in [0.29, 0.717) is 0 Å². The van der Waals surface area contributed by atoms with Gasteiger partial charge in [0.15, 0.2) is 0 Å². The lowest BCUT2D eigenvalue weighted by atomic mass is 10.0. The fourth-order valence-corrected chi connectivity index (χ4v) is 3.70. The summed E-state index contributed by atoms with van der Waals surface area (Å²) in [6, 6.07) is 16.3. The summed E-state index contributed by atoms with van der Waals surface area (Å²) in [5.74, 6) is 0. The molecule has 0 fully saturated rings. The number of nitrogens with one attached hydrogen (secondary N) is 1. The van der Waals surface area contributed by atoms with E-state index < -0.39 is 0 Å². The molecule has 0 aliphatic heterocycles. The second kappa shape index (κ2) is 7.55. The number of thiazole rings is 1. The first-order valence-corrected chi connectivity index (χ1v) is 9.50. The Bertz CT molecular complexity index is 1070. The number of rotatable bonds is 5. The van der Waals surface area contributed by atoms with E-state index in [1.807, 2.05) is 58.9 Å². The van der Waals surface area contributed by atoms with Gasteiger partial charge in [0, 0.05) is 28.9 Å². The molecule has 0 saturated heterocycles. The zero-order valence-electron chi connectivity index (χ0n) is 15.1. The molecule has 2 aromatic carbocycles. The largest absolute Gasteiger partial charge is 0.253 e. The molecular formula is C21H19N5S. The number of aromatic nitrogens is 3. The molecule has 134 valence electrons. The monoisotopic (exact) mass is 373 g/mol. The van der Waals surface area contributed by atoms with Crippen molar-refractivity contribution in [1.29, 1.82) is 0 Å². The van der Waals surface area contributed by atoms with E-state index >= 15 is 0 Å². The molecule has 6 heteroatoms. The van der Waals surface area contributed by atoms with Crippen LogP contribution in [-0.2, 0) is 0 Å². The summed E-state index contributed by atoms with van der Waals surface area (Å²) in [4.78, 5) is 4.60. The van der Waals surface area contributed by atoms with Gasteiger partial charge in [-0.3, -0.25) is 5.43 Å². The number of benzene rings is 2. The molecule has 4 aromatic rings. The normalized spacial score (nSPS) is 11.2. The van der Waals surface area contributed by atoms with Crippen molar-refractivity contribution < 1.29 is 0 Å². The summed E-state index contributed by atoms with van der Waals surface area (Å²) < 4.78 is 1.87. The molecule has 0 radical (unpaired) electrons. The highest BCUT2D eigenvalue weighted by Crippen LogP contribution is 2.25. The van der Waals surface area contributed by atoms with Crippen LogP contribution in [0.1, 0.15) is 16.7 Å². The van der Waals surface area contributed by atoms with Crippen LogP contribution in [-0.4, -0.2) is 21.0 Å². The maximum absolute atomic E-state index is 4.60. The van der Waals surface area contributed by atoms with Crippen molar-refractivity contribution in [2.24, 2.45) is 5.10 Å². The Balaban J connectivity index is 1.57. The second-order valence-electron chi connectivity index (χ2n) is 6.24. The Morgan fingerprint density at radius 2 is 1.96 bits per heavy atom. The van der Waals surface area contributed by atoms with E-state index in [4.69, 9.17) is 0 Å². The minimum absolute atomic E-state index is 0.759. The van der Waals surface area contributed by atoms with Gasteiger partial charge in [-0.15, -0.1) is 11.3 Å². The van der Waals surface area contributed by atoms with Crippen molar-refractivity contribution in [2.75, 3.05) is 5.43 Å². The van der Waals surface area contributed by atoms with Crippen LogP contribution in [0.2, 0.25) is 0 Å². The topological polar surface area (TPSA) is 55.1 Å². The van der Waals surface area contributed by atoms with Crippen molar-refractivity contribution >= 4 is 22.7 Å². The third kappa shape index (κ3) is 3.80. The van der Waals surface area contributed by atoms with Gasteiger partial charge in [0.1, 0.15) is 0 Å². The van der Waals surface area contributed by atoms with Crippen LogP contribution in [0.5, 0.6) is 0 Å². The highest BCUT2D eigenvalue weighted by atomic mass is 32.1. The highest BCUT2D eigenvalue weighted by Gasteiger charge is 2.08. The minimum Gasteiger partial charge on any atom is -0.253 e. The molecule has 0 spiro atoms. The van der Waals surface area contributed by atoms with E-state index in [2.05, 4.69) is 46.6 Å². The molecule has 0 atom stereocenters. The maximum atomic E-state index is 4.60. The van der Waals surface area contributed by atoms with Crippen molar-refractivity contribution in [1.82, 2.24) is 14.8 Å². The lowest BCUT2D eigenvalue weighted by molar-refractivity contribution is 0.870. The van der Waals surface area contributed by atoms with Crippen LogP contribution in [0.4, 0.5) is 5.13 Å². The Morgan fingerprint density at radius 3 is 2.74 bits per heavy atom. The Hall–Kier alpha value is -3.25. The van der Waals surface area contributed by atoms with Crippen molar-refractivity contribution in [3.05, 3.63) is 83.0 Å². The smallest absolute Gasteiger partial charge is 0.203 e. The maximum Gasteiger partial charge on any atom is 0.203 e. The van der Waals surface area contributed by atoms with Gasteiger partial charge in [-0.2, -0.15) is 10.2 Å². The lowest BCUT2D eigenvalue weighted by Gasteiger charge is -2.11.